The van der Waals surface area contributed by atoms with Gasteiger partial charge in [-0.25, -0.2) is 0 Å². The van der Waals surface area contributed by atoms with Crippen molar-refractivity contribution in [2.24, 2.45) is 0 Å². The number of nitrogens with zero attached hydrogens (tertiary/aromatic N) is 1. The summed E-state index contributed by atoms with van der Waals surface area (Å²) < 4.78 is 0. The molecular formula is C13H17NO3S2. The summed E-state index contributed by atoms with van der Waals surface area (Å²) in [6.07, 6.45) is 2.02. The number of carboxylic acids is 1. The molecule has 0 saturated carbocycles. The molecule has 0 saturated heterocycles. The van der Waals surface area contributed by atoms with E-state index in [0.717, 1.165) is 17.3 Å². The summed E-state index contributed by atoms with van der Waals surface area (Å²) in [5, 5.41) is 8.50. The minimum Gasteiger partial charge on any atom is -0.481 e. The number of aliphatic carboxylic acids is 1. The third-order valence-electron chi connectivity index (χ3n) is 2.46. The summed E-state index contributed by atoms with van der Waals surface area (Å²) in [6.45, 7) is 0.543. The largest absolute Gasteiger partial charge is 0.481 e. The van der Waals surface area contributed by atoms with E-state index >= 15 is 0 Å². The quantitative estimate of drug-likeness (QED) is 0.782. The highest BCUT2D eigenvalue weighted by atomic mass is 32.2. The molecule has 1 amide bonds. The molecule has 104 valence electrons. The molecule has 0 heterocycles. The highest BCUT2D eigenvalue weighted by Gasteiger charge is 2.10. The molecule has 0 atom stereocenters. The summed E-state index contributed by atoms with van der Waals surface area (Å²) >= 11 is 2.80. The first-order valence-electron chi connectivity index (χ1n) is 5.69. The molecule has 1 aromatic carbocycles. The van der Waals surface area contributed by atoms with Crippen LogP contribution in [0.1, 0.15) is 5.56 Å². The molecule has 1 rings (SSSR count). The first kappa shape index (κ1) is 15.9. The fourth-order valence-corrected chi connectivity index (χ4v) is 2.51. The zero-order valence-corrected chi connectivity index (χ0v) is 12.6. The van der Waals surface area contributed by atoms with Gasteiger partial charge in [0.05, 0.1) is 11.5 Å². The van der Waals surface area contributed by atoms with Crippen LogP contribution in [0.4, 0.5) is 0 Å². The lowest BCUT2D eigenvalue weighted by Crippen LogP contribution is -2.28. The monoisotopic (exact) mass is 299 g/mol. The molecular weight excluding hydrogens is 282 g/mol. The van der Waals surface area contributed by atoms with E-state index in [1.54, 1.807) is 23.7 Å². The van der Waals surface area contributed by atoms with E-state index in [2.05, 4.69) is 0 Å². The maximum absolute atomic E-state index is 11.8. The van der Waals surface area contributed by atoms with Crippen LogP contribution >= 0.6 is 23.5 Å². The van der Waals surface area contributed by atoms with Crippen LogP contribution in [0, 0.1) is 0 Å². The predicted octanol–water partition coefficient (Wildman–Crippen LogP) is 2.18. The Morgan fingerprint density at radius 3 is 2.37 bits per heavy atom. The van der Waals surface area contributed by atoms with Gasteiger partial charge in [0.2, 0.25) is 5.91 Å². The summed E-state index contributed by atoms with van der Waals surface area (Å²) in [5.41, 5.74) is 1.07. The fourth-order valence-electron chi connectivity index (χ4n) is 1.43. The van der Waals surface area contributed by atoms with Gasteiger partial charge in [0.15, 0.2) is 0 Å². The number of thioether (sulfide) groups is 2. The number of hydrogen-bond acceptors (Lipinski definition) is 4. The van der Waals surface area contributed by atoms with Gasteiger partial charge in [-0.1, -0.05) is 12.1 Å². The molecule has 0 fully saturated rings. The molecule has 1 aromatic rings. The van der Waals surface area contributed by atoms with E-state index in [4.69, 9.17) is 5.11 Å². The fraction of sp³-hybridized carbons (Fsp3) is 0.385. The molecule has 0 bridgehead atoms. The zero-order chi connectivity index (χ0) is 14.3. The second-order valence-electron chi connectivity index (χ2n) is 3.98. The summed E-state index contributed by atoms with van der Waals surface area (Å²) in [4.78, 5) is 24.9. The molecule has 1 N–H and O–H groups in total. The average molecular weight is 299 g/mol. The number of hydrogen-bond donors (Lipinski definition) is 1. The number of amides is 1. The van der Waals surface area contributed by atoms with Crippen molar-refractivity contribution in [3.8, 4) is 0 Å². The van der Waals surface area contributed by atoms with Crippen molar-refractivity contribution in [2.45, 2.75) is 11.4 Å². The Bertz CT molecular complexity index is 434. The van der Waals surface area contributed by atoms with Gasteiger partial charge in [0.1, 0.15) is 0 Å². The van der Waals surface area contributed by atoms with E-state index in [1.807, 2.05) is 30.5 Å². The van der Waals surface area contributed by atoms with Crippen LogP contribution < -0.4 is 0 Å². The Balaban J connectivity index is 2.42. The van der Waals surface area contributed by atoms with Crippen LogP contribution in [-0.2, 0) is 16.1 Å². The molecule has 19 heavy (non-hydrogen) atoms. The first-order valence-corrected chi connectivity index (χ1v) is 8.07. The van der Waals surface area contributed by atoms with Crippen LogP contribution in [0.15, 0.2) is 29.2 Å². The molecule has 0 aliphatic rings. The number of carbonyl (C=O) groups excluding carboxylic acids is 1. The van der Waals surface area contributed by atoms with Crippen LogP contribution in [0.5, 0.6) is 0 Å². The Morgan fingerprint density at radius 2 is 1.84 bits per heavy atom. The average Bonchev–Trinajstić information content (AvgIpc) is 2.39. The topological polar surface area (TPSA) is 57.6 Å². The Kier molecular flexibility index (Phi) is 6.80. The van der Waals surface area contributed by atoms with Crippen molar-refractivity contribution in [1.29, 1.82) is 0 Å². The standard InChI is InChI=1S/C13H17NO3S2/c1-14(12(15)8-19-9-13(16)17)7-10-3-5-11(18-2)6-4-10/h3-6H,7-9H2,1-2H3,(H,16,17). The lowest BCUT2D eigenvalue weighted by molar-refractivity contribution is -0.133. The maximum atomic E-state index is 11.8. The van der Waals surface area contributed by atoms with Gasteiger partial charge in [0, 0.05) is 18.5 Å². The number of benzene rings is 1. The highest BCUT2D eigenvalue weighted by Crippen LogP contribution is 2.15. The number of carbonyl (C=O) groups is 2. The van der Waals surface area contributed by atoms with E-state index < -0.39 is 5.97 Å². The predicted molar refractivity (Wildman–Crippen MR) is 79.7 cm³/mol. The normalized spacial score (nSPS) is 10.2. The number of carboxylic acid groups (broad SMARTS) is 1. The third kappa shape index (κ3) is 6.02. The smallest absolute Gasteiger partial charge is 0.313 e. The van der Waals surface area contributed by atoms with E-state index in [0.29, 0.717) is 6.54 Å². The van der Waals surface area contributed by atoms with Gasteiger partial charge >= 0.3 is 5.97 Å². The van der Waals surface area contributed by atoms with Crippen molar-refractivity contribution >= 4 is 35.4 Å². The van der Waals surface area contributed by atoms with E-state index in [1.165, 1.54) is 4.90 Å². The van der Waals surface area contributed by atoms with E-state index in [-0.39, 0.29) is 17.4 Å². The van der Waals surface area contributed by atoms with Crippen LogP contribution in [-0.4, -0.2) is 46.7 Å². The summed E-state index contributed by atoms with van der Waals surface area (Å²) in [6, 6.07) is 8.05. The van der Waals surface area contributed by atoms with Gasteiger partial charge in [-0.3, -0.25) is 9.59 Å². The maximum Gasteiger partial charge on any atom is 0.313 e. The van der Waals surface area contributed by atoms with Crippen LogP contribution in [0.3, 0.4) is 0 Å². The minimum absolute atomic E-state index is 0.0397. The molecule has 0 spiro atoms. The zero-order valence-electron chi connectivity index (χ0n) is 11.0. The lowest BCUT2D eigenvalue weighted by Gasteiger charge is -2.17. The molecule has 0 radical (unpaired) electrons. The minimum atomic E-state index is -0.895. The SMILES string of the molecule is CSc1ccc(CN(C)C(=O)CSCC(=O)O)cc1. The molecule has 4 nitrogen and oxygen atoms in total. The molecule has 0 aromatic heterocycles. The second kappa shape index (κ2) is 8.12. The van der Waals surface area contributed by atoms with Crippen molar-refractivity contribution in [3.63, 3.8) is 0 Å². The molecule has 0 unspecified atom stereocenters. The second-order valence-corrected chi connectivity index (χ2v) is 5.85. The molecule has 6 heteroatoms. The van der Waals surface area contributed by atoms with Gasteiger partial charge in [0.25, 0.3) is 0 Å². The van der Waals surface area contributed by atoms with Gasteiger partial charge in [-0.15, -0.1) is 23.5 Å². The molecule has 0 aliphatic heterocycles. The van der Waals surface area contributed by atoms with Crippen molar-refractivity contribution < 1.29 is 14.7 Å². The van der Waals surface area contributed by atoms with Gasteiger partial charge in [-0.2, -0.15) is 0 Å². The Labute approximate surface area is 121 Å². The third-order valence-corrected chi connectivity index (χ3v) is 4.10. The summed E-state index contributed by atoms with van der Waals surface area (Å²) in [5.74, 6) is -0.790. The lowest BCUT2D eigenvalue weighted by atomic mass is 10.2. The number of rotatable bonds is 7. The van der Waals surface area contributed by atoms with Gasteiger partial charge in [-0.05, 0) is 24.0 Å². The Morgan fingerprint density at radius 1 is 1.21 bits per heavy atom. The van der Waals surface area contributed by atoms with Crippen molar-refractivity contribution in [3.05, 3.63) is 29.8 Å². The van der Waals surface area contributed by atoms with Crippen molar-refractivity contribution in [1.82, 2.24) is 4.90 Å². The van der Waals surface area contributed by atoms with E-state index in [9.17, 15) is 9.59 Å². The first-order chi connectivity index (χ1) is 9.02. The van der Waals surface area contributed by atoms with Crippen molar-refractivity contribution in [2.75, 3.05) is 24.8 Å². The highest BCUT2D eigenvalue weighted by molar-refractivity contribution is 8.00. The van der Waals surface area contributed by atoms with Crippen LogP contribution in [0.25, 0.3) is 0 Å². The van der Waals surface area contributed by atoms with Crippen LogP contribution in [0.2, 0.25) is 0 Å². The molecule has 0 aliphatic carbocycles. The summed E-state index contributed by atoms with van der Waals surface area (Å²) in [7, 11) is 1.73. The van der Waals surface area contributed by atoms with Gasteiger partial charge < -0.3 is 10.0 Å². The Hall–Kier alpha value is -1.14.